The molecule has 0 radical (unpaired) electrons. The summed E-state index contributed by atoms with van der Waals surface area (Å²) < 4.78 is 5.99. The zero-order valence-electron chi connectivity index (χ0n) is 11.5. The highest BCUT2D eigenvalue weighted by atomic mass is 16.5. The van der Waals surface area contributed by atoms with E-state index in [4.69, 9.17) is 4.74 Å². The zero-order chi connectivity index (χ0) is 13.2. The Balaban J connectivity index is 2.05. The predicted octanol–water partition coefficient (Wildman–Crippen LogP) is 2.22. The van der Waals surface area contributed by atoms with Crippen molar-refractivity contribution in [3.05, 3.63) is 35.9 Å². The molecule has 1 heterocycles. The molecule has 0 aliphatic carbocycles. The van der Waals surface area contributed by atoms with Crippen molar-refractivity contribution in [2.45, 2.75) is 38.6 Å². The highest BCUT2D eigenvalue weighted by molar-refractivity contribution is 5.18. The van der Waals surface area contributed by atoms with Crippen molar-refractivity contribution in [3.63, 3.8) is 0 Å². The summed E-state index contributed by atoms with van der Waals surface area (Å²) in [6.45, 7) is 8.21. The Hall–Kier alpha value is -0.900. The van der Waals surface area contributed by atoms with Gasteiger partial charge in [-0.3, -0.25) is 4.90 Å². The molecular weight excluding hydrogens is 226 g/mol. The third-order valence-corrected chi connectivity index (χ3v) is 3.12. The average molecular weight is 249 g/mol. The van der Waals surface area contributed by atoms with E-state index in [1.807, 2.05) is 32.0 Å². The fourth-order valence-corrected chi connectivity index (χ4v) is 2.57. The van der Waals surface area contributed by atoms with E-state index in [0.717, 1.165) is 13.1 Å². The van der Waals surface area contributed by atoms with Crippen LogP contribution >= 0.6 is 0 Å². The molecule has 1 N–H and O–H groups in total. The van der Waals surface area contributed by atoms with Crippen molar-refractivity contribution in [1.82, 2.24) is 4.90 Å². The van der Waals surface area contributed by atoms with Gasteiger partial charge in [0.05, 0.1) is 17.8 Å². The third-order valence-electron chi connectivity index (χ3n) is 3.12. The predicted molar refractivity (Wildman–Crippen MR) is 72.5 cm³/mol. The minimum Gasteiger partial charge on any atom is -0.389 e. The van der Waals surface area contributed by atoms with E-state index < -0.39 is 5.60 Å². The minimum atomic E-state index is -0.654. The molecule has 18 heavy (non-hydrogen) atoms. The molecule has 2 atom stereocenters. The second kappa shape index (κ2) is 5.39. The molecule has 1 aliphatic rings. The SMILES string of the molecule is CC1CN(CC(C)(C)O)CC(c2ccccc2)O1. The van der Waals surface area contributed by atoms with E-state index >= 15 is 0 Å². The van der Waals surface area contributed by atoms with Gasteiger partial charge < -0.3 is 9.84 Å². The molecule has 1 aliphatic heterocycles. The Morgan fingerprint density at radius 1 is 1.28 bits per heavy atom. The van der Waals surface area contributed by atoms with E-state index in [1.54, 1.807) is 0 Å². The summed E-state index contributed by atoms with van der Waals surface area (Å²) in [5, 5.41) is 9.93. The van der Waals surface area contributed by atoms with Gasteiger partial charge >= 0.3 is 0 Å². The molecule has 0 aromatic heterocycles. The highest BCUT2D eigenvalue weighted by Gasteiger charge is 2.29. The monoisotopic (exact) mass is 249 g/mol. The van der Waals surface area contributed by atoms with E-state index in [0.29, 0.717) is 6.54 Å². The summed E-state index contributed by atoms with van der Waals surface area (Å²) in [6.07, 6.45) is 0.309. The lowest BCUT2D eigenvalue weighted by Gasteiger charge is -2.39. The van der Waals surface area contributed by atoms with Gasteiger partial charge in [-0.05, 0) is 26.3 Å². The number of nitrogens with zero attached hydrogens (tertiary/aromatic N) is 1. The Morgan fingerprint density at radius 2 is 1.94 bits per heavy atom. The van der Waals surface area contributed by atoms with Gasteiger partial charge in [0, 0.05) is 19.6 Å². The molecule has 0 saturated carbocycles. The Morgan fingerprint density at radius 3 is 2.56 bits per heavy atom. The number of hydrogen-bond donors (Lipinski definition) is 1. The summed E-state index contributed by atoms with van der Waals surface area (Å²) in [5.74, 6) is 0. The fraction of sp³-hybridized carbons (Fsp3) is 0.600. The van der Waals surface area contributed by atoms with Gasteiger partial charge in [-0.1, -0.05) is 30.3 Å². The lowest BCUT2D eigenvalue weighted by molar-refractivity contribution is -0.0952. The van der Waals surface area contributed by atoms with E-state index in [1.165, 1.54) is 5.56 Å². The van der Waals surface area contributed by atoms with Gasteiger partial charge in [-0.15, -0.1) is 0 Å². The number of hydrogen-bond acceptors (Lipinski definition) is 3. The largest absolute Gasteiger partial charge is 0.389 e. The van der Waals surface area contributed by atoms with Crippen LogP contribution < -0.4 is 0 Å². The molecule has 3 nitrogen and oxygen atoms in total. The van der Waals surface area contributed by atoms with Crippen LogP contribution in [0.1, 0.15) is 32.4 Å². The Kier molecular flexibility index (Phi) is 4.05. The summed E-state index contributed by atoms with van der Waals surface area (Å²) in [5.41, 5.74) is 0.558. The van der Waals surface area contributed by atoms with Crippen LogP contribution in [0.2, 0.25) is 0 Å². The maximum absolute atomic E-state index is 9.93. The highest BCUT2D eigenvalue weighted by Crippen LogP contribution is 2.25. The number of rotatable bonds is 3. The molecule has 1 fully saturated rings. The van der Waals surface area contributed by atoms with Gasteiger partial charge in [-0.2, -0.15) is 0 Å². The maximum atomic E-state index is 9.93. The van der Waals surface area contributed by atoms with Crippen molar-refractivity contribution in [3.8, 4) is 0 Å². The van der Waals surface area contributed by atoms with Crippen molar-refractivity contribution < 1.29 is 9.84 Å². The molecular formula is C15H23NO2. The lowest BCUT2D eigenvalue weighted by atomic mass is 10.0. The normalized spacial score (nSPS) is 26.2. The van der Waals surface area contributed by atoms with Crippen LogP contribution in [0.15, 0.2) is 30.3 Å². The number of ether oxygens (including phenoxy) is 1. The zero-order valence-corrected chi connectivity index (χ0v) is 11.5. The molecule has 1 aromatic rings. The first kappa shape index (κ1) is 13.5. The first-order valence-corrected chi connectivity index (χ1v) is 6.59. The van der Waals surface area contributed by atoms with Crippen LogP contribution in [0.25, 0.3) is 0 Å². The quantitative estimate of drug-likeness (QED) is 0.891. The summed E-state index contributed by atoms with van der Waals surface area (Å²) in [7, 11) is 0. The Bertz CT molecular complexity index is 372. The second-order valence-electron chi connectivity index (χ2n) is 5.85. The van der Waals surface area contributed by atoms with Crippen LogP contribution in [-0.4, -0.2) is 41.3 Å². The van der Waals surface area contributed by atoms with Crippen LogP contribution in [0.4, 0.5) is 0 Å². The second-order valence-corrected chi connectivity index (χ2v) is 5.85. The van der Waals surface area contributed by atoms with Crippen molar-refractivity contribution in [2.24, 2.45) is 0 Å². The number of benzene rings is 1. The van der Waals surface area contributed by atoms with Gasteiger partial charge in [0.2, 0.25) is 0 Å². The van der Waals surface area contributed by atoms with E-state index in [9.17, 15) is 5.11 Å². The van der Waals surface area contributed by atoms with E-state index in [2.05, 4.69) is 24.0 Å². The maximum Gasteiger partial charge on any atom is 0.0956 e. The van der Waals surface area contributed by atoms with Gasteiger partial charge in [0.15, 0.2) is 0 Å². The number of morpholine rings is 1. The molecule has 0 spiro atoms. The summed E-state index contributed by atoms with van der Waals surface area (Å²) >= 11 is 0. The number of aliphatic hydroxyl groups is 1. The molecule has 2 rings (SSSR count). The molecule has 3 heteroatoms. The average Bonchev–Trinajstić information content (AvgIpc) is 2.27. The standard InChI is InChI=1S/C15H23NO2/c1-12-9-16(11-15(2,3)17)10-14(18-12)13-7-5-4-6-8-13/h4-8,12,14,17H,9-11H2,1-3H3. The first-order valence-electron chi connectivity index (χ1n) is 6.59. The van der Waals surface area contributed by atoms with Gasteiger partial charge in [0.1, 0.15) is 0 Å². The fourth-order valence-electron chi connectivity index (χ4n) is 2.57. The molecule has 100 valence electrons. The van der Waals surface area contributed by atoms with Crippen molar-refractivity contribution in [1.29, 1.82) is 0 Å². The summed E-state index contributed by atoms with van der Waals surface area (Å²) in [6, 6.07) is 10.3. The smallest absolute Gasteiger partial charge is 0.0956 e. The molecule has 1 saturated heterocycles. The van der Waals surface area contributed by atoms with Crippen LogP contribution in [0.5, 0.6) is 0 Å². The third kappa shape index (κ3) is 3.80. The van der Waals surface area contributed by atoms with Gasteiger partial charge in [-0.25, -0.2) is 0 Å². The van der Waals surface area contributed by atoms with Gasteiger partial charge in [0.25, 0.3) is 0 Å². The van der Waals surface area contributed by atoms with Crippen LogP contribution in [0, 0.1) is 0 Å². The van der Waals surface area contributed by atoms with Crippen LogP contribution in [-0.2, 0) is 4.74 Å². The number of β-amino-alcohol motifs (C(OH)–C–C–N with tert-alkyl or cyclic N) is 1. The van der Waals surface area contributed by atoms with Crippen LogP contribution in [0.3, 0.4) is 0 Å². The molecule has 2 unspecified atom stereocenters. The Labute approximate surface area is 109 Å². The van der Waals surface area contributed by atoms with Crippen molar-refractivity contribution in [2.75, 3.05) is 19.6 Å². The lowest BCUT2D eigenvalue weighted by Crippen LogP contribution is -2.48. The molecule has 1 aromatic carbocycles. The first-order chi connectivity index (χ1) is 8.44. The topological polar surface area (TPSA) is 32.7 Å². The van der Waals surface area contributed by atoms with E-state index in [-0.39, 0.29) is 12.2 Å². The summed E-state index contributed by atoms with van der Waals surface area (Å²) in [4.78, 5) is 2.28. The minimum absolute atomic E-state index is 0.109. The molecule has 0 amide bonds. The van der Waals surface area contributed by atoms with Crippen molar-refractivity contribution >= 4 is 0 Å². The molecule has 0 bridgehead atoms.